The Morgan fingerprint density at radius 2 is 2.21 bits per heavy atom. The lowest BCUT2D eigenvalue weighted by Gasteiger charge is -2.31. The molecule has 0 aromatic heterocycles. The summed E-state index contributed by atoms with van der Waals surface area (Å²) in [6.07, 6.45) is 7.39. The molecule has 1 aliphatic heterocycles. The molecule has 14 heavy (non-hydrogen) atoms. The maximum atomic E-state index is 11.5. The fraction of sp³-hybridized carbons (Fsp3) is 0.900. The van der Waals surface area contributed by atoms with Gasteiger partial charge < -0.3 is 4.90 Å². The summed E-state index contributed by atoms with van der Waals surface area (Å²) in [6.45, 7) is 2.23. The molecular weight excluding hydrogens is 196 g/mol. The first-order chi connectivity index (χ1) is 6.76. The van der Waals surface area contributed by atoms with E-state index in [2.05, 4.69) is 11.6 Å². The van der Waals surface area contributed by atoms with Gasteiger partial charge in [0, 0.05) is 11.3 Å². The highest BCUT2D eigenvalue weighted by Gasteiger charge is 2.36. The van der Waals surface area contributed by atoms with Gasteiger partial charge in [0.1, 0.15) is 0 Å². The van der Waals surface area contributed by atoms with Crippen molar-refractivity contribution < 1.29 is 4.79 Å². The third-order valence-corrected chi connectivity index (χ3v) is 4.76. The molecule has 0 aromatic rings. The molecule has 2 rings (SSSR count). The van der Waals surface area contributed by atoms with Gasteiger partial charge in [-0.25, -0.2) is 0 Å². The van der Waals surface area contributed by atoms with E-state index >= 15 is 0 Å². The summed E-state index contributed by atoms with van der Waals surface area (Å²) in [4.78, 5) is 13.4. The zero-order valence-corrected chi connectivity index (χ0v) is 9.53. The Bertz CT molecular complexity index is 226. The summed E-state index contributed by atoms with van der Waals surface area (Å²) in [7, 11) is 0. The fourth-order valence-corrected chi connectivity index (χ4v) is 3.42. The van der Waals surface area contributed by atoms with Crippen molar-refractivity contribution in [3.63, 3.8) is 0 Å². The first kappa shape index (κ1) is 10.3. The van der Waals surface area contributed by atoms with Gasteiger partial charge in [0.15, 0.2) is 0 Å². The van der Waals surface area contributed by atoms with Gasteiger partial charge in [0.2, 0.25) is 5.91 Å². The Balaban J connectivity index is 1.96. The fourth-order valence-electron chi connectivity index (χ4n) is 2.44. The van der Waals surface area contributed by atoms with Crippen molar-refractivity contribution >= 4 is 17.7 Å². The van der Waals surface area contributed by atoms with E-state index in [0.29, 0.717) is 11.3 Å². The number of carbonyl (C=O) groups excluding carboxylic acids is 1. The highest BCUT2D eigenvalue weighted by molar-refractivity contribution is 8.00. The number of hydrogen-bond donors (Lipinski definition) is 1. The summed E-state index contributed by atoms with van der Waals surface area (Å²) in [5.74, 6) is 0.269. The van der Waals surface area contributed by atoms with E-state index in [4.69, 9.17) is 0 Å². The van der Waals surface area contributed by atoms with Gasteiger partial charge in [-0.1, -0.05) is 12.8 Å². The zero-order valence-electron chi connectivity index (χ0n) is 8.71. The van der Waals surface area contributed by atoms with Gasteiger partial charge in [-0.3, -0.25) is 10.1 Å². The molecule has 1 heterocycles. The molecule has 1 N–H and O–H groups in total. The van der Waals surface area contributed by atoms with Crippen molar-refractivity contribution in [3.8, 4) is 0 Å². The van der Waals surface area contributed by atoms with Crippen LogP contribution in [0.3, 0.4) is 0 Å². The van der Waals surface area contributed by atoms with Crippen LogP contribution in [0.15, 0.2) is 0 Å². The molecule has 0 atom stereocenters. The average molecular weight is 214 g/mol. The Kier molecular flexibility index (Phi) is 3.02. The minimum absolute atomic E-state index is 0.269. The topological polar surface area (TPSA) is 32.3 Å². The van der Waals surface area contributed by atoms with E-state index in [1.165, 1.54) is 25.7 Å². The minimum atomic E-state index is 0.269. The lowest BCUT2D eigenvalue weighted by atomic mass is 10.1. The third-order valence-electron chi connectivity index (χ3n) is 3.36. The van der Waals surface area contributed by atoms with Crippen LogP contribution >= 0.6 is 11.8 Å². The molecule has 1 saturated heterocycles. The minimum Gasteiger partial charge on any atom is -0.327 e. The van der Waals surface area contributed by atoms with Gasteiger partial charge in [0.05, 0.1) is 13.2 Å². The van der Waals surface area contributed by atoms with Gasteiger partial charge in [-0.2, -0.15) is 11.8 Å². The molecule has 80 valence electrons. The van der Waals surface area contributed by atoms with Crippen LogP contribution in [0.2, 0.25) is 0 Å². The van der Waals surface area contributed by atoms with E-state index in [-0.39, 0.29) is 5.91 Å². The number of thioether (sulfide) groups is 1. The molecule has 0 spiro atoms. The van der Waals surface area contributed by atoms with E-state index in [1.54, 1.807) is 0 Å². The van der Waals surface area contributed by atoms with Crippen LogP contribution in [0.5, 0.6) is 0 Å². The SMILES string of the molecule is CSC1(CN2CNCC2=O)CCCC1. The second-order valence-corrected chi connectivity index (χ2v) is 5.55. The van der Waals surface area contributed by atoms with Crippen LogP contribution in [0, 0.1) is 0 Å². The molecule has 1 amide bonds. The molecule has 0 radical (unpaired) electrons. The van der Waals surface area contributed by atoms with Crippen molar-refractivity contribution in [2.24, 2.45) is 0 Å². The maximum absolute atomic E-state index is 11.5. The zero-order chi connectivity index (χ0) is 10.0. The summed E-state index contributed by atoms with van der Waals surface area (Å²) < 4.78 is 0.363. The largest absolute Gasteiger partial charge is 0.327 e. The van der Waals surface area contributed by atoms with Crippen molar-refractivity contribution in [2.45, 2.75) is 30.4 Å². The van der Waals surface area contributed by atoms with E-state index in [0.717, 1.165) is 13.2 Å². The number of hydrogen-bond acceptors (Lipinski definition) is 3. The van der Waals surface area contributed by atoms with E-state index in [9.17, 15) is 4.79 Å². The predicted molar refractivity (Wildman–Crippen MR) is 59.3 cm³/mol. The van der Waals surface area contributed by atoms with Crippen LogP contribution in [-0.2, 0) is 4.79 Å². The number of amides is 1. The molecule has 0 unspecified atom stereocenters. The van der Waals surface area contributed by atoms with Crippen LogP contribution in [0.4, 0.5) is 0 Å². The molecule has 1 saturated carbocycles. The lowest BCUT2D eigenvalue weighted by Crippen LogP contribution is -2.40. The van der Waals surface area contributed by atoms with Crippen molar-refractivity contribution in [1.82, 2.24) is 10.2 Å². The monoisotopic (exact) mass is 214 g/mol. The number of nitrogens with zero attached hydrogens (tertiary/aromatic N) is 1. The first-order valence-electron chi connectivity index (χ1n) is 5.29. The van der Waals surface area contributed by atoms with Crippen LogP contribution in [0.1, 0.15) is 25.7 Å². The van der Waals surface area contributed by atoms with Gasteiger partial charge in [0.25, 0.3) is 0 Å². The first-order valence-corrected chi connectivity index (χ1v) is 6.52. The molecular formula is C10H18N2OS. The van der Waals surface area contributed by atoms with Gasteiger partial charge in [-0.05, 0) is 19.1 Å². The Hall–Kier alpha value is -0.220. The number of nitrogens with one attached hydrogen (secondary N) is 1. The number of carbonyl (C=O) groups is 1. The van der Waals surface area contributed by atoms with E-state index < -0.39 is 0 Å². The maximum Gasteiger partial charge on any atom is 0.237 e. The quantitative estimate of drug-likeness (QED) is 0.762. The average Bonchev–Trinajstić information content (AvgIpc) is 2.79. The van der Waals surface area contributed by atoms with Crippen LogP contribution < -0.4 is 5.32 Å². The summed E-state index contributed by atoms with van der Waals surface area (Å²) in [5.41, 5.74) is 0. The van der Waals surface area contributed by atoms with Crippen LogP contribution in [-0.4, -0.2) is 41.6 Å². The molecule has 0 bridgehead atoms. The highest BCUT2D eigenvalue weighted by Crippen LogP contribution is 2.40. The highest BCUT2D eigenvalue weighted by atomic mass is 32.2. The molecule has 2 fully saturated rings. The Labute approximate surface area is 89.6 Å². The predicted octanol–water partition coefficient (Wildman–Crippen LogP) is 1.05. The van der Waals surface area contributed by atoms with Crippen LogP contribution in [0.25, 0.3) is 0 Å². The second-order valence-electron chi connectivity index (χ2n) is 4.27. The molecule has 1 aliphatic carbocycles. The summed E-state index contributed by atoms with van der Waals surface area (Å²) >= 11 is 1.95. The molecule has 3 nitrogen and oxygen atoms in total. The van der Waals surface area contributed by atoms with Gasteiger partial charge >= 0.3 is 0 Å². The smallest absolute Gasteiger partial charge is 0.237 e. The Morgan fingerprint density at radius 3 is 2.71 bits per heavy atom. The van der Waals surface area contributed by atoms with Crippen molar-refractivity contribution in [1.29, 1.82) is 0 Å². The number of rotatable bonds is 3. The normalized spacial score (nSPS) is 26.1. The standard InChI is InChI=1S/C10H18N2OS/c1-14-10(4-2-3-5-10)7-12-8-11-6-9(12)13/h11H,2-8H2,1H3. The molecule has 2 aliphatic rings. The van der Waals surface area contributed by atoms with E-state index in [1.807, 2.05) is 16.7 Å². The molecule has 0 aromatic carbocycles. The second kappa shape index (κ2) is 4.11. The van der Waals surface area contributed by atoms with Crippen molar-refractivity contribution in [2.75, 3.05) is 26.0 Å². The third kappa shape index (κ3) is 1.91. The van der Waals surface area contributed by atoms with Gasteiger partial charge in [-0.15, -0.1) is 0 Å². The Morgan fingerprint density at radius 1 is 1.50 bits per heavy atom. The lowest BCUT2D eigenvalue weighted by molar-refractivity contribution is -0.126. The summed E-state index contributed by atoms with van der Waals surface area (Å²) in [6, 6.07) is 0. The van der Waals surface area contributed by atoms with Crippen molar-refractivity contribution in [3.05, 3.63) is 0 Å². The summed E-state index contributed by atoms with van der Waals surface area (Å²) in [5, 5.41) is 3.10. The molecule has 4 heteroatoms.